The molecule has 0 saturated carbocycles. The molecule has 0 saturated heterocycles. The molecule has 1 rings (SSSR count). The van der Waals surface area contributed by atoms with Crippen molar-refractivity contribution in [3.8, 4) is 0 Å². The number of aryl methyl sites for hydroxylation is 1. The predicted molar refractivity (Wildman–Crippen MR) is 67.0 cm³/mol. The van der Waals surface area contributed by atoms with Crippen LogP contribution in [0.5, 0.6) is 0 Å². The van der Waals surface area contributed by atoms with Crippen LogP contribution in [0.1, 0.15) is 33.8 Å². The number of hydrogen-bond donors (Lipinski definition) is 1. The quantitative estimate of drug-likeness (QED) is 0.836. The molecule has 2 nitrogen and oxygen atoms in total. The highest BCUT2D eigenvalue weighted by molar-refractivity contribution is 5.75. The van der Waals surface area contributed by atoms with Gasteiger partial charge in [-0.1, -0.05) is 45.2 Å². The number of rotatable bonds is 3. The van der Waals surface area contributed by atoms with E-state index in [1.54, 1.807) is 6.92 Å². The van der Waals surface area contributed by atoms with Crippen LogP contribution in [0.4, 0.5) is 0 Å². The average molecular weight is 212 g/mol. The zero-order chi connectivity index (χ0) is 10.1. The lowest BCUT2D eigenvalue weighted by atomic mass is 10.1. The molecule has 1 aromatic rings. The molecule has 0 aliphatic heterocycles. The fraction of sp³-hybridized carbons (Fsp3) is 0.462. The van der Waals surface area contributed by atoms with Crippen molar-refractivity contribution in [2.45, 2.75) is 34.6 Å². The summed E-state index contributed by atoms with van der Waals surface area (Å²) in [4.78, 5) is 10.6. The molecule has 0 radical (unpaired) electrons. The largest absolute Gasteiger partial charge is 0.400 e. The van der Waals surface area contributed by atoms with Gasteiger partial charge in [-0.25, -0.2) is 0 Å². The number of carbonyl (C=O) groups is 1. The van der Waals surface area contributed by atoms with E-state index in [0.29, 0.717) is 6.42 Å². The minimum absolute atomic E-state index is 0. The van der Waals surface area contributed by atoms with Gasteiger partial charge < -0.3 is 9.90 Å². The third-order valence-electron chi connectivity index (χ3n) is 1.61. The first-order valence-electron chi connectivity index (χ1n) is 4.27. The van der Waals surface area contributed by atoms with Crippen LogP contribution >= 0.6 is 0 Å². The van der Waals surface area contributed by atoms with Gasteiger partial charge in [0.05, 0.1) is 0 Å². The summed E-state index contributed by atoms with van der Waals surface area (Å²) < 4.78 is 0. The van der Waals surface area contributed by atoms with Crippen LogP contribution in [0.2, 0.25) is 0 Å². The Labute approximate surface area is 94.0 Å². The van der Waals surface area contributed by atoms with E-state index in [0.717, 1.165) is 13.5 Å². The Morgan fingerprint density at radius 1 is 1.13 bits per heavy atom. The normalized spacial score (nSPS) is 7.40. The fourth-order valence-corrected chi connectivity index (χ4v) is 0.965. The van der Waals surface area contributed by atoms with E-state index in [-0.39, 0.29) is 20.6 Å². The number of aliphatic hydroxyl groups excluding tert-OH is 1. The molecule has 0 heterocycles. The van der Waals surface area contributed by atoms with Gasteiger partial charge in [0, 0.05) is 13.5 Å². The number of Topliss-reactive ketones (excluding diaryl/α,β-unsaturated/α-hetero) is 1. The van der Waals surface area contributed by atoms with Crippen molar-refractivity contribution in [2.75, 3.05) is 7.11 Å². The van der Waals surface area contributed by atoms with Crippen LogP contribution in [0, 0.1) is 0 Å². The second-order valence-electron chi connectivity index (χ2n) is 2.69. The van der Waals surface area contributed by atoms with E-state index in [4.69, 9.17) is 5.11 Å². The average Bonchev–Trinajstić information content (AvgIpc) is 2.19. The lowest BCUT2D eigenvalue weighted by Gasteiger charge is -1.96. The van der Waals surface area contributed by atoms with Crippen molar-refractivity contribution in [2.24, 2.45) is 0 Å². The van der Waals surface area contributed by atoms with Gasteiger partial charge in [-0.05, 0) is 18.9 Å². The SMILES string of the molecule is C.C.CC(=O)CCc1ccccc1.CO. The highest BCUT2D eigenvalue weighted by Gasteiger charge is 1.94. The van der Waals surface area contributed by atoms with E-state index < -0.39 is 0 Å². The van der Waals surface area contributed by atoms with Gasteiger partial charge in [0.25, 0.3) is 0 Å². The predicted octanol–water partition coefficient (Wildman–Crippen LogP) is 3.09. The molecule has 1 N–H and O–H groups in total. The number of ketones is 1. The standard InChI is InChI=1S/C10H12O.CH4O.2CH4/c1-9(11)7-8-10-5-3-2-4-6-10;1-2;;/h2-6H,7-8H2,1H3;2H,1H3;2*1H4. The summed E-state index contributed by atoms with van der Waals surface area (Å²) in [6.45, 7) is 1.63. The molecule has 0 bridgehead atoms. The Bertz CT molecular complexity index is 230. The first kappa shape index (κ1) is 19.4. The maximum Gasteiger partial charge on any atom is 0.130 e. The zero-order valence-corrected chi connectivity index (χ0v) is 8.16. The Morgan fingerprint density at radius 2 is 1.60 bits per heavy atom. The van der Waals surface area contributed by atoms with E-state index in [1.807, 2.05) is 30.3 Å². The molecule has 0 amide bonds. The monoisotopic (exact) mass is 212 g/mol. The first-order chi connectivity index (χ1) is 6.29. The maximum absolute atomic E-state index is 10.6. The van der Waals surface area contributed by atoms with E-state index in [9.17, 15) is 4.79 Å². The summed E-state index contributed by atoms with van der Waals surface area (Å²) in [5.41, 5.74) is 1.24. The molecular formula is C13H24O2. The molecule has 0 atom stereocenters. The highest BCUT2D eigenvalue weighted by atomic mass is 16.2. The van der Waals surface area contributed by atoms with Gasteiger partial charge in [0.1, 0.15) is 5.78 Å². The van der Waals surface area contributed by atoms with Gasteiger partial charge in [-0.15, -0.1) is 0 Å². The first-order valence-corrected chi connectivity index (χ1v) is 4.27. The van der Waals surface area contributed by atoms with Crippen molar-refractivity contribution >= 4 is 5.78 Å². The summed E-state index contributed by atoms with van der Waals surface area (Å²) in [5, 5.41) is 7.00. The van der Waals surface area contributed by atoms with Crippen molar-refractivity contribution in [3.63, 3.8) is 0 Å². The third-order valence-corrected chi connectivity index (χ3v) is 1.61. The summed E-state index contributed by atoms with van der Waals surface area (Å²) in [7, 11) is 1.00. The summed E-state index contributed by atoms with van der Waals surface area (Å²) in [5.74, 6) is 0.258. The summed E-state index contributed by atoms with van der Waals surface area (Å²) >= 11 is 0. The van der Waals surface area contributed by atoms with Crippen molar-refractivity contribution in [1.29, 1.82) is 0 Å². The number of benzene rings is 1. The van der Waals surface area contributed by atoms with Crippen LogP contribution in [0.15, 0.2) is 30.3 Å². The highest BCUT2D eigenvalue weighted by Crippen LogP contribution is 2.01. The molecule has 0 aromatic heterocycles. The van der Waals surface area contributed by atoms with Crippen LogP contribution < -0.4 is 0 Å². The van der Waals surface area contributed by atoms with Crippen LogP contribution in [-0.2, 0) is 11.2 Å². The number of aliphatic hydroxyl groups is 1. The molecule has 0 fully saturated rings. The van der Waals surface area contributed by atoms with Crippen molar-refractivity contribution < 1.29 is 9.90 Å². The maximum atomic E-state index is 10.6. The molecule has 0 aliphatic carbocycles. The van der Waals surface area contributed by atoms with Crippen LogP contribution in [0.25, 0.3) is 0 Å². The molecule has 0 unspecified atom stereocenters. The van der Waals surface area contributed by atoms with E-state index >= 15 is 0 Å². The van der Waals surface area contributed by atoms with Crippen LogP contribution in [0.3, 0.4) is 0 Å². The van der Waals surface area contributed by atoms with E-state index in [1.165, 1.54) is 5.56 Å². The number of hydrogen-bond acceptors (Lipinski definition) is 2. The Kier molecular flexibility index (Phi) is 16.6. The second-order valence-corrected chi connectivity index (χ2v) is 2.69. The summed E-state index contributed by atoms with van der Waals surface area (Å²) in [6, 6.07) is 10.1. The Balaban J connectivity index is -0.000000339. The van der Waals surface area contributed by atoms with Gasteiger partial charge >= 0.3 is 0 Å². The second kappa shape index (κ2) is 12.8. The molecule has 15 heavy (non-hydrogen) atoms. The molecule has 2 heteroatoms. The minimum atomic E-state index is 0. The Hall–Kier alpha value is -1.15. The lowest BCUT2D eigenvalue weighted by molar-refractivity contribution is -0.116. The summed E-state index contributed by atoms with van der Waals surface area (Å²) in [6.07, 6.45) is 1.53. The topological polar surface area (TPSA) is 37.3 Å². The molecule has 88 valence electrons. The lowest BCUT2D eigenvalue weighted by Crippen LogP contribution is -1.92. The van der Waals surface area contributed by atoms with Crippen molar-refractivity contribution in [3.05, 3.63) is 35.9 Å². The van der Waals surface area contributed by atoms with Gasteiger partial charge in [0.15, 0.2) is 0 Å². The Morgan fingerprint density at radius 3 is 2.00 bits per heavy atom. The van der Waals surface area contributed by atoms with Gasteiger partial charge in [0.2, 0.25) is 0 Å². The van der Waals surface area contributed by atoms with Gasteiger partial charge in [-0.2, -0.15) is 0 Å². The van der Waals surface area contributed by atoms with E-state index in [2.05, 4.69) is 0 Å². The van der Waals surface area contributed by atoms with Crippen molar-refractivity contribution in [1.82, 2.24) is 0 Å². The smallest absolute Gasteiger partial charge is 0.130 e. The molecule has 0 aliphatic rings. The molecule has 0 spiro atoms. The zero-order valence-electron chi connectivity index (χ0n) is 8.16. The molecular weight excluding hydrogens is 188 g/mol. The van der Waals surface area contributed by atoms with Crippen LogP contribution in [-0.4, -0.2) is 18.0 Å². The van der Waals surface area contributed by atoms with Gasteiger partial charge in [-0.3, -0.25) is 0 Å². The molecule has 1 aromatic carbocycles. The fourth-order valence-electron chi connectivity index (χ4n) is 0.965. The third kappa shape index (κ3) is 10.8. The minimum Gasteiger partial charge on any atom is -0.400 e. The number of carbonyl (C=O) groups excluding carboxylic acids is 1.